The van der Waals surface area contributed by atoms with Crippen LogP contribution in [0.5, 0.6) is 0 Å². The highest BCUT2D eigenvalue weighted by atomic mass is 16.5. The summed E-state index contributed by atoms with van der Waals surface area (Å²) in [4.78, 5) is 24.5. The molecule has 1 aliphatic carbocycles. The first kappa shape index (κ1) is 15.5. The van der Waals surface area contributed by atoms with E-state index < -0.39 is 5.97 Å². The van der Waals surface area contributed by atoms with Crippen molar-refractivity contribution in [3.05, 3.63) is 52.5 Å². The molecule has 2 aromatic rings. The van der Waals surface area contributed by atoms with Crippen molar-refractivity contribution in [2.45, 2.75) is 19.8 Å². The average Bonchev–Trinajstić information content (AvgIpc) is 2.57. The molecule has 0 fully saturated rings. The smallest absolute Gasteiger partial charge is 0.359 e. The number of rotatable bonds is 3. The van der Waals surface area contributed by atoms with E-state index in [9.17, 15) is 9.59 Å². The van der Waals surface area contributed by atoms with Crippen LogP contribution in [0.1, 0.15) is 30.3 Å². The van der Waals surface area contributed by atoms with Crippen LogP contribution < -0.4 is 5.56 Å². The molecule has 0 unspecified atom stereocenters. The number of ether oxygens (including phenoxy) is 1. The van der Waals surface area contributed by atoms with Gasteiger partial charge in [0.05, 0.1) is 12.0 Å². The van der Waals surface area contributed by atoms with Crippen LogP contribution in [0.4, 0.5) is 0 Å². The van der Waals surface area contributed by atoms with Crippen LogP contribution >= 0.6 is 0 Å². The van der Waals surface area contributed by atoms with E-state index in [0.29, 0.717) is 29.2 Å². The van der Waals surface area contributed by atoms with Gasteiger partial charge >= 0.3 is 5.97 Å². The van der Waals surface area contributed by atoms with E-state index in [2.05, 4.69) is 24.2 Å². The molecule has 0 N–H and O–H groups in total. The summed E-state index contributed by atoms with van der Waals surface area (Å²) in [6.07, 6.45) is 6.25. The molecule has 0 amide bonds. The molecule has 0 spiro atoms. The summed E-state index contributed by atoms with van der Waals surface area (Å²) in [5.74, 6) is 0.360. The Labute approximate surface area is 134 Å². The van der Waals surface area contributed by atoms with Gasteiger partial charge in [-0.1, -0.05) is 37.3 Å². The van der Waals surface area contributed by atoms with Crippen molar-refractivity contribution in [1.29, 1.82) is 0 Å². The molecule has 0 aliphatic heterocycles. The SMILES string of the molecule is C[C@@H]1CC=CC[C@@H]1COC(=O)c1nn(C)c(=O)c2ccccc12. The Balaban J connectivity index is 1.85. The molecule has 120 valence electrons. The maximum absolute atomic E-state index is 12.5. The Morgan fingerprint density at radius 1 is 1.26 bits per heavy atom. The number of carbonyl (C=O) groups excluding carboxylic acids is 1. The van der Waals surface area contributed by atoms with Crippen LogP contribution in [-0.4, -0.2) is 22.4 Å². The van der Waals surface area contributed by atoms with E-state index in [4.69, 9.17) is 4.74 Å². The molecule has 1 heterocycles. The lowest BCUT2D eigenvalue weighted by Gasteiger charge is -2.24. The van der Waals surface area contributed by atoms with Crippen molar-refractivity contribution in [3.8, 4) is 0 Å². The zero-order valence-corrected chi connectivity index (χ0v) is 13.4. The fourth-order valence-corrected chi connectivity index (χ4v) is 2.94. The number of esters is 1. The molecular weight excluding hydrogens is 292 g/mol. The van der Waals surface area contributed by atoms with E-state index in [-0.39, 0.29) is 11.3 Å². The third-order valence-corrected chi connectivity index (χ3v) is 4.50. The number of carbonyl (C=O) groups is 1. The van der Waals surface area contributed by atoms with E-state index in [1.807, 2.05) is 0 Å². The highest BCUT2D eigenvalue weighted by molar-refractivity contribution is 6.02. The monoisotopic (exact) mass is 312 g/mol. The molecule has 23 heavy (non-hydrogen) atoms. The second kappa shape index (κ2) is 6.36. The maximum atomic E-state index is 12.5. The normalized spacial score (nSPS) is 20.6. The van der Waals surface area contributed by atoms with Gasteiger partial charge in [0.2, 0.25) is 0 Å². The standard InChI is InChI=1S/C18H20N2O3/c1-12-7-3-4-8-13(12)11-23-18(22)16-14-9-5-6-10-15(14)17(21)20(2)19-16/h3-6,9-10,12-13H,7-8,11H2,1-2H3/t12-,13-/m1/s1. The van der Waals surface area contributed by atoms with Gasteiger partial charge in [-0.05, 0) is 30.7 Å². The Morgan fingerprint density at radius 2 is 1.96 bits per heavy atom. The second-order valence-corrected chi connectivity index (χ2v) is 6.10. The van der Waals surface area contributed by atoms with E-state index in [1.54, 1.807) is 31.3 Å². The Morgan fingerprint density at radius 3 is 2.70 bits per heavy atom. The minimum Gasteiger partial charge on any atom is -0.461 e. The molecular formula is C18H20N2O3. The maximum Gasteiger partial charge on any atom is 0.359 e. The lowest BCUT2D eigenvalue weighted by molar-refractivity contribution is 0.0388. The molecule has 3 rings (SSSR count). The first-order valence-corrected chi connectivity index (χ1v) is 7.86. The van der Waals surface area contributed by atoms with Crippen molar-refractivity contribution in [2.75, 3.05) is 6.61 Å². The van der Waals surface area contributed by atoms with Crippen LogP contribution in [0.2, 0.25) is 0 Å². The predicted octanol–water partition coefficient (Wildman–Crippen LogP) is 2.69. The molecule has 0 saturated heterocycles. The van der Waals surface area contributed by atoms with Gasteiger partial charge in [0.15, 0.2) is 5.69 Å². The molecule has 5 nitrogen and oxygen atoms in total. The van der Waals surface area contributed by atoms with Crippen molar-refractivity contribution in [2.24, 2.45) is 18.9 Å². The molecule has 0 bridgehead atoms. The summed E-state index contributed by atoms with van der Waals surface area (Å²) in [5, 5.41) is 5.12. The third kappa shape index (κ3) is 3.04. The largest absolute Gasteiger partial charge is 0.461 e. The number of benzene rings is 1. The second-order valence-electron chi connectivity index (χ2n) is 6.10. The number of nitrogens with zero attached hydrogens (tertiary/aromatic N) is 2. The highest BCUT2D eigenvalue weighted by Crippen LogP contribution is 2.25. The molecule has 0 saturated carbocycles. The summed E-state index contributed by atoms with van der Waals surface area (Å²) in [6.45, 7) is 2.55. The summed E-state index contributed by atoms with van der Waals surface area (Å²) in [6, 6.07) is 6.99. The van der Waals surface area contributed by atoms with Gasteiger partial charge < -0.3 is 4.74 Å². The van der Waals surface area contributed by atoms with Gasteiger partial charge in [-0.15, -0.1) is 0 Å². The Hall–Kier alpha value is -2.43. The molecule has 1 aromatic heterocycles. The average molecular weight is 312 g/mol. The number of hydrogen-bond acceptors (Lipinski definition) is 4. The van der Waals surface area contributed by atoms with Crippen LogP contribution in [0.15, 0.2) is 41.2 Å². The van der Waals surface area contributed by atoms with Gasteiger partial charge in [0, 0.05) is 12.4 Å². The number of allylic oxidation sites excluding steroid dienone is 2. The summed E-state index contributed by atoms with van der Waals surface area (Å²) in [7, 11) is 1.54. The summed E-state index contributed by atoms with van der Waals surface area (Å²) >= 11 is 0. The van der Waals surface area contributed by atoms with E-state index >= 15 is 0 Å². The number of aryl methyl sites for hydroxylation is 1. The van der Waals surface area contributed by atoms with Gasteiger partial charge in [0.1, 0.15) is 0 Å². The zero-order valence-electron chi connectivity index (χ0n) is 13.4. The van der Waals surface area contributed by atoms with Crippen molar-refractivity contribution < 1.29 is 9.53 Å². The highest BCUT2D eigenvalue weighted by Gasteiger charge is 2.22. The first-order chi connectivity index (χ1) is 11.1. The van der Waals surface area contributed by atoms with E-state index in [1.165, 1.54) is 4.68 Å². The molecule has 2 atom stereocenters. The lowest BCUT2D eigenvalue weighted by Crippen LogP contribution is -2.26. The van der Waals surface area contributed by atoms with Crippen molar-refractivity contribution in [1.82, 2.24) is 9.78 Å². The summed E-state index contributed by atoms with van der Waals surface area (Å²) in [5.41, 5.74) is -0.0232. The van der Waals surface area contributed by atoms with Crippen LogP contribution in [0.25, 0.3) is 10.8 Å². The summed E-state index contributed by atoms with van der Waals surface area (Å²) < 4.78 is 6.68. The Kier molecular flexibility index (Phi) is 4.28. The van der Waals surface area contributed by atoms with Crippen molar-refractivity contribution in [3.63, 3.8) is 0 Å². The van der Waals surface area contributed by atoms with Crippen LogP contribution in [-0.2, 0) is 11.8 Å². The number of hydrogen-bond donors (Lipinski definition) is 0. The quantitative estimate of drug-likeness (QED) is 0.646. The third-order valence-electron chi connectivity index (χ3n) is 4.50. The van der Waals surface area contributed by atoms with E-state index in [0.717, 1.165) is 12.8 Å². The minimum atomic E-state index is -0.474. The van der Waals surface area contributed by atoms with Gasteiger partial charge in [0.25, 0.3) is 5.56 Å². The predicted molar refractivity (Wildman–Crippen MR) is 88.3 cm³/mol. The number of aromatic nitrogens is 2. The first-order valence-electron chi connectivity index (χ1n) is 7.86. The topological polar surface area (TPSA) is 61.2 Å². The van der Waals surface area contributed by atoms with Gasteiger partial charge in [-0.25, -0.2) is 9.48 Å². The van der Waals surface area contributed by atoms with Crippen LogP contribution in [0.3, 0.4) is 0 Å². The molecule has 1 aromatic carbocycles. The number of fused-ring (bicyclic) bond motifs is 1. The van der Waals surface area contributed by atoms with Crippen molar-refractivity contribution >= 4 is 16.7 Å². The molecule has 5 heteroatoms. The molecule has 0 radical (unpaired) electrons. The molecule has 1 aliphatic rings. The zero-order chi connectivity index (χ0) is 16.4. The Bertz CT molecular complexity index is 823. The van der Waals surface area contributed by atoms with Gasteiger partial charge in [-0.2, -0.15) is 5.10 Å². The van der Waals surface area contributed by atoms with Crippen LogP contribution in [0, 0.1) is 11.8 Å². The fourth-order valence-electron chi connectivity index (χ4n) is 2.94. The lowest BCUT2D eigenvalue weighted by atomic mass is 9.85. The fraction of sp³-hybridized carbons (Fsp3) is 0.389. The minimum absolute atomic E-state index is 0.196. The van der Waals surface area contributed by atoms with Gasteiger partial charge in [-0.3, -0.25) is 4.79 Å².